The van der Waals surface area contributed by atoms with Gasteiger partial charge in [0, 0.05) is 31.1 Å². The average molecular weight is 214 g/mol. The molecule has 0 amide bonds. The first-order valence-electron chi connectivity index (χ1n) is 5.83. The Morgan fingerprint density at radius 3 is 2.36 bits per heavy atom. The van der Waals surface area contributed by atoms with Crippen LogP contribution >= 0.6 is 11.8 Å². The first kappa shape index (κ1) is 10.8. The Labute approximate surface area is 92.0 Å². The minimum Gasteiger partial charge on any atom is -0.306 e. The molecule has 0 aromatic carbocycles. The standard InChI is InChI=1S/C11H22N2S/c1-12-4-2-11(3-5-12)10-13-6-8-14-9-7-13/h11H,2-10H2,1H3. The summed E-state index contributed by atoms with van der Waals surface area (Å²) < 4.78 is 0. The van der Waals surface area contributed by atoms with Crippen molar-refractivity contribution < 1.29 is 0 Å². The maximum absolute atomic E-state index is 2.67. The Hall–Kier alpha value is 0.270. The van der Waals surface area contributed by atoms with Crippen LogP contribution in [0.5, 0.6) is 0 Å². The molecular weight excluding hydrogens is 192 g/mol. The lowest BCUT2D eigenvalue weighted by molar-refractivity contribution is 0.167. The zero-order chi connectivity index (χ0) is 9.80. The van der Waals surface area contributed by atoms with Crippen LogP contribution < -0.4 is 0 Å². The molecule has 2 saturated heterocycles. The first-order valence-corrected chi connectivity index (χ1v) is 6.99. The van der Waals surface area contributed by atoms with Crippen LogP contribution in [0.3, 0.4) is 0 Å². The van der Waals surface area contributed by atoms with Crippen molar-refractivity contribution in [3.05, 3.63) is 0 Å². The van der Waals surface area contributed by atoms with Gasteiger partial charge in [0.15, 0.2) is 0 Å². The van der Waals surface area contributed by atoms with Gasteiger partial charge in [-0.25, -0.2) is 0 Å². The van der Waals surface area contributed by atoms with Crippen molar-refractivity contribution in [3.63, 3.8) is 0 Å². The Bertz CT molecular complexity index is 161. The Kier molecular flexibility index (Phi) is 4.14. The van der Waals surface area contributed by atoms with Gasteiger partial charge in [-0.05, 0) is 38.9 Å². The predicted octanol–water partition coefficient (Wildman–Crippen LogP) is 1.38. The smallest absolute Gasteiger partial charge is 0.00728 e. The molecule has 0 radical (unpaired) electrons. The fourth-order valence-corrected chi connectivity index (χ4v) is 3.37. The highest BCUT2D eigenvalue weighted by Gasteiger charge is 2.20. The van der Waals surface area contributed by atoms with E-state index in [-0.39, 0.29) is 0 Å². The molecule has 3 heteroatoms. The predicted molar refractivity (Wildman–Crippen MR) is 64.0 cm³/mol. The summed E-state index contributed by atoms with van der Waals surface area (Å²) in [5, 5.41) is 0. The normalized spacial score (nSPS) is 28.1. The van der Waals surface area contributed by atoms with E-state index in [0.29, 0.717) is 0 Å². The number of hydrogen-bond donors (Lipinski definition) is 0. The molecule has 2 aliphatic heterocycles. The van der Waals surface area contributed by atoms with Crippen LogP contribution in [-0.4, -0.2) is 61.1 Å². The summed E-state index contributed by atoms with van der Waals surface area (Å²) >= 11 is 2.11. The SMILES string of the molecule is CN1CCC(CN2CCSCC2)CC1. The second kappa shape index (κ2) is 5.38. The molecule has 2 nitrogen and oxygen atoms in total. The van der Waals surface area contributed by atoms with Crippen LogP contribution in [0.25, 0.3) is 0 Å². The average Bonchev–Trinajstić information content (AvgIpc) is 2.23. The number of likely N-dealkylation sites (tertiary alicyclic amines) is 1. The molecule has 2 heterocycles. The van der Waals surface area contributed by atoms with E-state index in [1.807, 2.05) is 0 Å². The van der Waals surface area contributed by atoms with E-state index in [9.17, 15) is 0 Å². The van der Waals surface area contributed by atoms with Crippen molar-refractivity contribution in [1.29, 1.82) is 0 Å². The van der Waals surface area contributed by atoms with Crippen molar-refractivity contribution in [2.75, 3.05) is 51.3 Å². The van der Waals surface area contributed by atoms with Gasteiger partial charge in [-0.1, -0.05) is 0 Å². The molecule has 2 rings (SSSR count). The van der Waals surface area contributed by atoms with Crippen molar-refractivity contribution in [2.24, 2.45) is 5.92 Å². The molecule has 14 heavy (non-hydrogen) atoms. The fraction of sp³-hybridized carbons (Fsp3) is 1.00. The minimum absolute atomic E-state index is 0.981. The van der Waals surface area contributed by atoms with Crippen molar-refractivity contribution in [3.8, 4) is 0 Å². The van der Waals surface area contributed by atoms with Gasteiger partial charge in [-0.15, -0.1) is 0 Å². The molecule has 0 saturated carbocycles. The van der Waals surface area contributed by atoms with E-state index in [0.717, 1.165) is 5.92 Å². The zero-order valence-corrected chi connectivity index (χ0v) is 10.1. The first-order chi connectivity index (χ1) is 6.84. The lowest BCUT2D eigenvalue weighted by atomic mass is 9.96. The second-order valence-corrected chi connectivity index (χ2v) is 5.88. The highest BCUT2D eigenvalue weighted by atomic mass is 32.2. The molecule has 2 fully saturated rings. The monoisotopic (exact) mass is 214 g/mol. The summed E-state index contributed by atoms with van der Waals surface area (Å²) in [6.45, 7) is 6.66. The Morgan fingerprint density at radius 1 is 1.07 bits per heavy atom. The minimum atomic E-state index is 0.981. The zero-order valence-electron chi connectivity index (χ0n) is 9.24. The maximum atomic E-state index is 2.67. The summed E-state index contributed by atoms with van der Waals surface area (Å²) in [5.74, 6) is 3.69. The van der Waals surface area contributed by atoms with E-state index in [1.165, 1.54) is 57.1 Å². The highest BCUT2D eigenvalue weighted by molar-refractivity contribution is 7.99. The van der Waals surface area contributed by atoms with Gasteiger partial charge in [-0.2, -0.15) is 11.8 Å². The molecule has 0 aromatic rings. The molecule has 0 N–H and O–H groups in total. The van der Waals surface area contributed by atoms with Crippen molar-refractivity contribution in [2.45, 2.75) is 12.8 Å². The van der Waals surface area contributed by atoms with E-state index in [2.05, 4.69) is 28.6 Å². The van der Waals surface area contributed by atoms with Gasteiger partial charge < -0.3 is 9.80 Å². The van der Waals surface area contributed by atoms with Gasteiger partial charge in [0.2, 0.25) is 0 Å². The Balaban J connectivity index is 1.68. The number of nitrogens with zero attached hydrogens (tertiary/aromatic N) is 2. The third-order valence-electron chi connectivity index (χ3n) is 3.46. The summed E-state index contributed by atoms with van der Waals surface area (Å²) in [6, 6.07) is 0. The van der Waals surface area contributed by atoms with Gasteiger partial charge in [-0.3, -0.25) is 0 Å². The van der Waals surface area contributed by atoms with Crippen molar-refractivity contribution in [1.82, 2.24) is 9.80 Å². The molecule has 82 valence electrons. The molecule has 0 atom stereocenters. The second-order valence-electron chi connectivity index (χ2n) is 4.66. The quantitative estimate of drug-likeness (QED) is 0.686. The molecule has 0 unspecified atom stereocenters. The van der Waals surface area contributed by atoms with Crippen LogP contribution in [0.1, 0.15) is 12.8 Å². The van der Waals surface area contributed by atoms with E-state index in [4.69, 9.17) is 0 Å². The van der Waals surface area contributed by atoms with Gasteiger partial charge in [0.05, 0.1) is 0 Å². The van der Waals surface area contributed by atoms with Gasteiger partial charge in [0.1, 0.15) is 0 Å². The molecule has 0 spiro atoms. The third kappa shape index (κ3) is 3.14. The highest BCUT2D eigenvalue weighted by Crippen LogP contribution is 2.19. The van der Waals surface area contributed by atoms with E-state index in [1.54, 1.807) is 0 Å². The Morgan fingerprint density at radius 2 is 1.71 bits per heavy atom. The van der Waals surface area contributed by atoms with Crippen molar-refractivity contribution >= 4 is 11.8 Å². The molecule has 2 aliphatic rings. The van der Waals surface area contributed by atoms with Crippen LogP contribution in [0.2, 0.25) is 0 Å². The number of piperidine rings is 1. The molecule has 0 aromatic heterocycles. The van der Waals surface area contributed by atoms with Crippen LogP contribution in [-0.2, 0) is 0 Å². The molecule has 0 bridgehead atoms. The summed E-state index contributed by atoms with van der Waals surface area (Å²) in [6.07, 6.45) is 2.83. The summed E-state index contributed by atoms with van der Waals surface area (Å²) in [4.78, 5) is 5.13. The molecular formula is C11H22N2S. The van der Waals surface area contributed by atoms with Gasteiger partial charge in [0.25, 0.3) is 0 Å². The van der Waals surface area contributed by atoms with E-state index >= 15 is 0 Å². The van der Waals surface area contributed by atoms with E-state index < -0.39 is 0 Å². The summed E-state index contributed by atoms with van der Waals surface area (Å²) in [7, 11) is 2.24. The third-order valence-corrected chi connectivity index (χ3v) is 4.40. The largest absolute Gasteiger partial charge is 0.306 e. The summed E-state index contributed by atoms with van der Waals surface area (Å²) in [5.41, 5.74) is 0. The maximum Gasteiger partial charge on any atom is 0.00728 e. The van der Waals surface area contributed by atoms with Gasteiger partial charge >= 0.3 is 0 Å². The number of hydrogen-bond acceptors (Lipinski definition) is 3. The lowest BCUT2D eigenvalue weighted by Gasteiger charge is -2.34. The molecule has 0 aliphatic carbocycles. The number of thioether (sulfide) groups is 1. The topological polar surface area (TPSA) is 6.48 Å². The van der Waals surface area contributed by atoms with Crippen LogP contribution in [0.4, 0.5) is 0 Å². The van der Waals surface area contributed by atoms with Crippen LogP contribution in [0, 0.1) is 5.92 Å². The van der Waals surface area contributed by atoms with Crippen LogP contribution in [0.15, 0.2) is 0 Å². The number of rotatable bonds is 2. The fourth-order valence-electron chi connectivity index (χ4n) is 2.39. The lowest BCUT2D eigenvalue weighted by Crippen LogP contribution is -2.40.